The van der Waals surface area contributed by atoms with E-state index in [0.29, 0.717) is 0 Å². The van der Waals surface area contributed by atoms with Crippen LogP contribution in [0, 0.1) is 0 Å². The fraction of sp³-hybridized carbons (Fsp3) is 1.00. The molecular formula is C11H27NO3. The van der Waals surface area contributed by atoms with E-state index >= 15 is 0 Å². The van der Waals surface area contributed by atoms with Crippen molar-refractivity contribution in [3.8, 4) is 0 Å². The molecule has 0 bridgehead atoms. The van der Waals surface area contributed by atoms with E-state index in [1.807, 2.05) is 0 Å². The first kappa shape index (κ1) is 17.2. The lowest BCUT2D eigenvalue weighted by Crippen LogP contribution is -2.45. The van der Waals surface area contributed by atoms with Gasteiger partial charge in [0.1, 0.15) is 18.7 Å². The van der Waals surface area contributed by atoms with Crippen LogP contribution in [-0.2, 0) is 0 Å². The zero-order valence-electron chi connectivity index (χ0n) is 10.6. The molecule has 3 atom stereocenters. The van der Waals surface area contributed by atoms with Gasteiger partial charge in [0.2, 0.25) is 0 Å². The topological polar surface area (TPSA) is 63.9 Å². The normalized spacial score (nSPS) is 16.6. The average molecular weight is 221 g/mol. The lowest BCUT2D eigenvalue weighted by atomic mass is 10.3. The van der Waals surface area contributed by atoms with Gasteiger partial charge >= 0.3 is 0 Å². The van der Waals surface area contributed by atoms with Gasteiger partial charge in [-0.3, -0.25) is 0 Å². The summed E-state index contributed by atoms with van der Waals surface area (Å²) in [6.07, 6.45) is 1.58. The maximum Gasteiger partial charge on any atom is 0.108 e. The fourth-order valence-corrected chi connectivity index (χ4v) is 1.29. The third-order valence-corrected chi connectivity index (χ3v) is 2.00. The van der Waals surface area contributed by atoms with Crippen LogP contribution >= 0.6 is 0 Å². The summed E-state index contributed by atoms with van der Waals surface area (Å²) in [6, 6.07) is 0. The van der Waals surface area contributed by atoms with Crippen LogP contribution in [0.3, 0.4) is 0 Å². The van der Waals surface area contributed by atoms with Crippen molar-refractivity contribution in [3.63, 3.8) is 0 Å². The van der Waals surface area contributed by atoms with E-state index in [0.717, 1.165) is 0 Å². The molecule has 0 radical (unpaired) electrons. The molecule has 15 heavy (non-hydrogen) atoms. The van der Waals surface area contributed by atoms with Gasteiger partial charge in [0, 0.05) is 0 Å². The Bertz CT molecular complexity index is 106. The maximum atomic E-state index is 8.96. The predicted octanol–water partition coefficient (Wildman–Crippen LogP) is 1.50. The second-order valence-corrected chi connectivity index (χ2v) is 3.70. The average Bonchev–Trinajstić information content (AvgIpc) is 2.03. The second kappa shape index (κ2) is 10.4. The summed E-state index contributed by atoms with van der Waals surface area (Å²) < 4.78 is 0. The Kier molecular flexibility index (Phi) is 11.9. The summed E-state index contributed by atoms with van der Waals surface area (Å²) in [5.74, 6) is 0. The van der Waals surface area contributed by atoms with E-state index in [1.54, 1.807) is 0 Å². The van der Waals surface area contributed by atoms with Crippen molar-refractivity contribution in [2.45, 2.75) is 72.6 Å². The molecule has 0 aliphatic heterocycles. The minimum atomic E-state index is -0.833. The molecule has 0 spiro atoms. The summed E-state index contributed by atoms with van der Waals surface area (Å²) in [6.45, 7) is 8.88. The highest BCUT2D eigenvalue weighted by molar-refractivity contribution is 4.58. The van der Waals surface area contributed by atoms with Crippen molar-refractivity contribution in [2.24, 2.45) is 0 Å². The molecule has 0 rings (SSSR count). The Hall–Kier alpha value is -0.160. The summed E-state index contributed by atoms with van der Waals surface area (Å²) >= 11 is 0. The second-order valence-electron chi connectivity index (χ2n) is 3.70. The largest absolute Gasteiger partial charge is 0.379 e. The maximum absolute atomic E-state index is 8.96. The van der Waals surface area contributed by atoms with Gasteiger partial charge in [-0.25, -0.2) is 4.90 Å². The molecule has 0 aliphatic carbocycles. The molecule has 0 heterocycles. The van der Waals surface area contributed by atoms with Crippen LogP contribution in [0.15, 0.2) is 0 Å². The van der Waals surface area contributed by atoms with Gasteiger partial charge in [-0.05, 0) is 20.8 Å². The van der Waals surface area contributed by atoms with E-state index in [9.17, 15) is 0 Å². The molecule has 0 aromatic heterocycles. The number of unbranched alkanes of at least 4 members (excludes halogenated alkanes) is 2. The highest BCUT2D eigenvalue weighted by atomic mass is 16.4. The van der Waals surface area contributed by atoms with Gasteiger partial charge in [0.05, 0.1) is 0 Å². The van der Waals surface area contributed by atoms with Crippen LogP contribution in [0.25, 0.3) is 0 Å². The molecule has 3 unspecified atom stereocenters. The number of hydrogen-bond donors (Lipinski definition) is 3. The Morgan fingerprint density at radius 3 is 1.07 bits per heavy atom. The first-order chi connectivity index (χ1) is 6.88. The lowest BCUT2D eigenvalue weighted by Gasteiger charge is -2.30. The number of hydrogen-bond acceptors (Lipinski definition) is 4. The van der Waals surface area contributed by atoms with Gasteiger partial charge in [0.25, 0.3) is 0 Å². The van der Waals surface area contributed by atoms with Crippen molar-refractivity contribution < 1.29 is 15.3 Å². The number of nitrogens with zero attached hydrogens (tertiary/aromatic N) is 1. The summed E-state index contributed by atoms with van der Waals surface area (Å²) in [7, 11) is 0. The first-order valence-corrected chi connectivity index (χ1v) is 5.70. The Morgan fingerprint density at radius 2 is 1.07 bits per heavy atom. The molecular weight excluding hydrogens is 194 g/mol. The van der Waals surface area contributed by atoms with Gasteiger partial charge in [0.15, 0.2) is 0 Å². The van der Waals surface area contributed by atoms with Gasteiger partial charge in [-0.1, -0.05) is 33.1 Å². The predicted molar refractivity (Wildman–Crippen MR) is 62.1 cm³/mol. The van der Waals surface area contributed by atoms with E-state index in [2.05, 4.69) is 13.8 Å². The van der Waals surface area contributed by atoms with Crippen LogP contribution in [0.4, 0.5) is 0 Å². The monoisotopic (exact) mass is 221 g/mol. The number of aliphatic hydroxyl groups is 3. The third kappa shape index (κ3) is 10.1. The van der Waals surface area contributed by atoms with Gasteiger partial charge in [-0.15, -0.1) is 0 Å². The highest BCUT2D eigenvalue weighted by Crippen LogP contribution is 2.04. The molecule has 94 valence electrons. The van der Waals surface area contributed by atoms with E-state index in [-0.39, 0.29) is 0 Å². The molecule has 0 aromatic rings. The third-order valence-electron chi connectivity index (χ3n) is 2.00. The molecule has 0 aliphatic rings. The quantitative estimate of drug-likeness (QED) is 0.616. The first-order valence-electron chi connectivity index (χ1n) is 5.70. The molecule has 4 nitrogen and oxygen atoms in total. The fourth-order valence-electron chi connectivity index (χ4n) is 1.29. The molecule has 0 saturated heterocycles. The minimum Gasteiger partial charge on any atom is -0.379 e. The standard InChI is InChI=1S/C6H15NO3.C5H12/c1-4(8)7(5(2)9)6(3)10;1-3-5-4-2/h4-6,8-10H,1-3H3;3-5H2,1-2H3. The summed E-state index contributed by atoms with van der Waals surface area (Å²) in [5.41, 5.74) is 0. The Morgan fingerprint density at radius 1 is 0.800 bits per heavy atom. The van der Waals surface area contributed by atoms with Crippen LogP contribution in [0.2, 0.25) is 0 Å². The van der Waals surface area contributed by atoms with E-state index in [4.69, 9.17) is 15.3 Å². The minimum absolute atomic E-state index is 0.833. The van der Waals surface area contributed by atoms with E-state index in [1.165, 1.54) is 44.9 Å². The van der Waals surface area contributed by atoms with Crippen molar-refractivity contribution in [2.75, 3.05) is 0 Å². The molecule has 0 fully saturated rings. The Balaban J connectivity index is 0. The summed E-state index contributed by atoms with van der Waals surface area (Å²) in [4.78, 5) is 1.17. The Labute approximate surface area is 93.5 Å². The van der Waals surface area contributed by atoms with Crippen LogP contribution in [0.5, 0.6) is 0 Å². The molecule has 0 amide bonds. The van der Waals surface area contributed by atoms with Crippen molar-refractivity contribution in [1.29, 1.82) is 0 Å². The molecule has 3 N–H and O–H groups in total. The lowest BCUT2D eigenvalue weighted by molar-refractivity contribution is -0.159. The zero-order valence-corrected chi connectivity index (χ0v) is 10.6. The molecule has 0 saturated carbocycles. The van der Waals surface area contributed by atoms with Gasteiger partial charge in [-0.2, -0.15) is 0 Å². The number of aliphatic hydroxyl groups excluding tert-OH is 3. The van der Waals surface area contributed by atoms with Crippen molar-refractivity contribution in [3.05, 3.63) is 0 Å². The van der Waals surface area contributed by atoms with Crippen LogP contribution in [0.1, 0.15) is 53.9 Å². The number of rotatable bonds is 5. The van der Waals surface area contributed by atoms with Crippen molar-refractivity contribution in [1.82, 2.24) is 4.90 Å². The summed E-state index contributed by atoms with van der Waals surface area (Å²) in [5, 5.41) is 26.9. The molecule has 0 aromatic carbocycles. The van der Waals surface area contributed by atoms with Crippen LogP contribution < -0.4 is 0 Å². The highest BCUT2D eigenvalue weighted by Gasteiger charge is 2.20. The van der Waals surface area contributed by atoms with E-state index < -0.39 is 18.7 Å². The molecule has 4 heteroatoms. The van der Waals surface area contributed by atoms with Crippen LogP contribution in [-0.4, -0.2) is 38.9 Å². The van der Waals surface area contributed by atoms with Gasteiger partial charge < -0.3 is 15.3 Å². The zero-order chi connectivity index (χ0) is 12.4. The van der Waals surface area contributed by atoms with Crippen molar-refractivity contribution >= 4 is 0 Å². The SMILES string of the molecule is CC(O)N(C(C)O)C(C)O.CCCCC. The smallest absolute Gasteiger partial charge is 0.108 e.